The highest BCUT2D eigenvalue weighted by Gasteiger charge is 3.31. The Morgan fingerprint density at radius 2 is 0.209 bits per heavy atom. The van der Waals surface area contributed by atoms with Crippen molar-refractivity contribution in [1.82, 2.24) is 0 Å². The molecule has 0 radical (unpaired) electrons. The molecule has 4 unspecified atom stereocenters. The van der Waals surface area contributed by atoms with Gasteiger partial charge in [-0.05, 0) is 0 Å². The van der Waals surface area contributed by atoms with E-state index in [4.69, 9.17) is 0 Å². The highest BCUT2D eigenvalue weighted by Crippen LogP contribution is 2.99. The van der Waals surface area contributed by atoms with E-state index in [-0.39, 0.29) is 0 Å². The number of ether oxygens (including phenoxy) is 4. The first kappa shape index (κ1) is 103. The van der Waals surface area contributed by atoms with Crippen LogP contribution < -0.4 is 0 Å². The summed E-state index contributed by atoms with van der Waals surface area (Å²) in [6.45, 7) is -23.5. The van der Waals surface area contributed by atoms with E-state index in [1.165, 1.54) is 0 Å². The molecule has 0 aromatic heterocycles. The van der Waals surface area contributed by atoms with E-state index in [2.05, 4.69) is 18.9 Å². The van der Waals surface area contributed by atoms with Crippen molar-refractivity contribution in [1.29, 1.82) is 0 Å². The van der Waals surface area contributed by atoms with E-state index in [1.807, 2.05) is 0 Å². The summed E-state index contributed by atoms with van der Waals surface area (Å²) in [5.41, 5.74) is -166. The van der Waals surface area contributed by atoms with E-state index in [0.29, 0.717) is 0 Å². The summed E-state index contributed by atoms with van der Waals surface area (Å²) in [7, 11) is 0. The highest BCUT2D eigenvalue weighted by atomic mass is 19.4. The molecule has 0 spiro atoms. The molecule has 4 N–H and O–H groups in total. The maximum Gasteiger partial charge on any atom is 0.379 e. The van der Waals surface area contributed by atoms with Crippen molar-refractivity contribution in [2.75, 3.05) is 26.4 Å². The Labute approximate surface area is 651 Å². The minimum Gasteiger partial charge on any atom is -0.390 e. The summed E-state index contributed by atoms with van der Waals surface area (Å²) >= 11 is 0. The molecule has 752 valence electrons. The van der Waals surface area contributed by atoms with E-state index in [9.17, 15) is 20.4 Å². The summed E-state index contributed by atoms with van der Waals surface area (Å²) in [4.78, 5) is 0. The number of aliphatic hydroxyl groups is 4. The minimum atomic E-state index is -10.3. The van der Waals surface area contributed by atoms with E-state index < -0.39 is 313 Å². The second-order valence-electron chi connectivity index (χ2n) is 31.1. The quantitative estimate of drug-likeness (QED) is 0.0891. The molecule has 4 atom stereocenters. The van der Waals surface area contributed by atoms with Crippen LogP contribution in [0.15, 0.2) is 0 Å². The van der Waals surface area contributed by atoms with Crippen LogP contribution in [0, 0.1) is 27.1 Å². The monoisotopic (exact) mass is 2070 g/mol. The zero-order valence-corrected chi connectivity index (χ0v) is 56.8. The smallest absolute Gasteiger partial charge is 0.379 e. The number of halogens is 68. The molecule has 16 bridgehead atoms. The average Bonchev–Trinajstić information content (AvgIpc) is 0.598. The van der Waals surface area contributed by atoms with Crippen LogP contribution >= 0.6 is 0 Å². The van der Waals surface area contributed by atoms with Crippen LogP contribution in [-0.4, -0.2) is 306 Å². The molecular weight excluding hydrogens is 2060 g/mol. The fourth-order valence-electron chi connectivity index (χ4n) is 20.7. The Morgan fingerprint density at radius 1 is 0.140 bits per heavy atom. The molecule has 16 saturated carbocycles. The van der Waals surface area contributed by atoms with Gasteiger partial charge in [-0.1, -0.05) is 0 Å². The summed E-state index contributed by atoms with van der Waals surface area (Å²) in [5.74, 6) is -237. The number of alkyl halides is 68. The average molecular weight is 2070 g/mol. The first-order chi connectivity index (χ1) is 55.5. The van der Waals surface area contributed by atoms with E-state index in [1.54, 1.807) is 0 Å². The van der Waals surface area contributed by atoms with Crippen LogP contribution in [0.5, 0.6) is 0 Å². The van der Waals surface area contributed by atoms with Gasteiger partial charge in [-0.15, -0.1) is 0 Å². The Bertz CT molecular complexity index is 3740. The minimum absolute atomic E-state index is 2.07. The van der Waals surface area contributed by atoms with Crippen LogP contribution in [0.25, 0.3) is 0 Å². The molecule has 16 aliphatic carbocycles. The van der Waals surface area contributed by atoms with Crippen molar-refractivity contribution in [2.45, 2.75) is 259 Å². The van der Waals surface area contributed by atoms with Gasteiger partial charge >= 0.3 is 235 Å². The lowest BCUT2D eigenvalue weighted by molar-refractivity contribution is -0.641. The number of aliphatic hydroxyl groups excluding tert-OH is 4. The van der Waals surface area contributed by atoms with Gasteiger partial charge in [-0.3, -0.25) is 0 Å². The van der Waals surface area contributed by atoms with Gasteiger partial charge in [0.2, 0.25) is 0 Å². The standard InChI is InChI=1S/C53H16F68O8/c54-14-26(66,67)10(27(68,69)15(55,38(14,90)91)40(94,95)16(56,28(10,70)71)39(14,92)93)50(114,115)126-1-5(122)9(6(123)2-127-51(116,117)11-29(72,73)17(57)41(96,97)18(58,30(11,74)75)43(100,101)19(59,31(11,76)77)42(17,98)99,7(124)3-128-52(118,119)12-32(78,79)20(60)44(102,103)21(61,33(12,80)81)46(106,107)22(62,34(12,82)83)45(20,104)105)8(125)4-129-53(120,121)13-35(84,85)23(63)47(108,109)24(64,36(13,86)87)49(112,113)25(65,37(13,88)89)48(23,110)111/h5-8,122-125H,1-4H2. The van der Waals surface area contributed by atoms with Crippen LogP contribution in [0.1, 0.15) is 0 Å². The van der Waals surface area contributed by atoms with Crippen LogP contribution in [0.4, 0.5) is 299 Å². The molecule has 76 heteroatoms. The first-order valence-electron chi connectivity index (χ1n) is 31.6. The summed E-state index contributed by atoms with van der Waals surface area (Å²) in [6, 6.07) is 0. The van der Waals surface area contributed by atoms with Crippen molar-refractivity contribution >= 4 is 0 Å². The van der Waals surface area contributed by atoms with Gasteiger partial charge in [0, 0.05) is 0 Å². The molecule has 0 amide bonds. The number of rotatable bonds is 20. The molecule has 129 heavy (non-hydrogen) atoms. The molecule has 0 heterocycles. The third-order valence-electron chi connectivity index (χ3n) is 27.0. The predicted molar refractivity (Wildman–Crippen MR) is 245 cm³/mol. The van der Waals surface area contributed by atoms with Crippen molar-refractivity contribution in [2.24, 2.45) is 27.1 Å². The predicted octanol–water partition coefficient (Wildman–Crippen LogP) is 17.7. The van der Waals surface area contributed by atoms with Gasteiger partial charge in [0.15, 0.2) is 0 Å². The van der Waals surface area contributed by atoms with Crippen LogP contribution in [0.2, 0.25) is 0 Å². The Morgan fingerprint density at radius 3 is 0.279 bits per heavy atom. The molecule has 0 aromatic rings. The van der Waals surface area contributed by atoms with Crippen LogP contribution in [0.3, 0.4) is 0 Å². The Balaban J connectivity index is 1.15. The SMILES string of the molecule is OC(COC(F)(F)C12C(F)(F)C3(F)C(F)(F)C(F)(C(F)(F)C(F)(C3(F)F)C1(F)F)C2(F)F)C(C(O)COC(F)(F)C12C(F)(F)C3(F)C(F)(F)C(F)(C(F)(F)C(F)(C3(F)F)C1(F)F)C2(F)F)(C(O)COC(F)(F)C12C(F)(F)C3(F)C(F)(F)C(F)(C(F)(F)C(F)(C3(F)F)C1(F)F)C2(F)F)C(O)COC(F)(F)C12C(F)(F)C3(F)C(F)(F)C(F)(C(F)(F)C(F)(C3(F)F)C1(F)F)C2(F)F. The molecular formula is C53H16F68O8. The second kappa shape index (κ2) is 22.5. The lowest BCUT2D eigenvalue weighted by Crippen LogP contribution is -3.09. The molecule has 16 rings (SSSR count). The summed E-state index contributed by atoms with van der Waals surface area (Å²) in [5, 5.41) is 45.5. The fourth-order valence-corrected chi connectivity index (χ4v) is 20.7. The summed E-state index contributed by atoms with van der Waals surface area (Å²) < 4.78 is 1100. The number of hydrogen-bond donors (Lipinski definition) is 4. The van der Waals surface area contributed by atoms with E-state index >= 15 is 299 Å². The molecule has 0 saturated heterocycles. The topological polar surface area (TPSA) is 118 Å². The van der Waals surface area contributed by atoms with Crippen molar-refractivity contribution in [3.8, 4) is 0 Å². The van der Waals surface area contributed by atoms with Crippen LogP contribution in [-0.2, 0) is 18.9 Å². The maximum absolute atomic E-state index is 16.9. The molecule has 0 aliphatic heterocycles. The Kier molecular flexibility index (Phi) is 17.9. The molecule has 8 nitrogen and oxygen atoms in total. The van der Waals surface area contributed by atoms with Crippen molar-refractivity contribution < 1.29 is 338 Å². The first-order valence-corrected chi connectivity index (χ1v) is 31.6. The van der Waals surface area contributed by atoms with Gasteiger partial charge < -0.3 is 39.4 Å². The molecule has 16 aliphatic rings. The molecule has 0 aromatic carbocycles. The van der Waals surface area contributed by atoms with Gasteiger partial charge in [0.25, 0.3) is 21.7 Å². The number of hydrogen-bond acceptors (Lipinski definition) is 8. The van der Waals surface area contributed by atoms with E-state index in [0.717, 1.165) is 0 Å². The molecule has 16 fully saturated rings. The largest absolute Gasteiger partial charge is 0.390 e. The van der Waals surface area contributed by atoms with Gasteiger partial charge in [0.1, 0.15) is 0 Å². The van der Waals surface area contributed by atoms with Gasteiger partial charge in [0.05, 0.1) is 56.3 Å². The Hall–Kier alpha value is -5.08. The normalized spacial score (nSPS) is 48.0. The van der Waals surface area contributed by atoms with Gasteiger partial charge in [-0.25, -0.2) is 158 Å². The third kappa shape index (κ3) is 6.89. The highest BCUT2D eigenvalue weighted by molar-refractivity contribution is 5.59. The lowest BCUT2D eigenvalue weighted by atomic mass is 9.36. The fraction of sp³-hybridized carbons (Fsp3) is 1.00. The zero-order chi connectivity index (χ0) is 102. The summed E-state index contributed by atoms with van der Waals surface area (Å²) in [6.07, 6.45) is -69.1. The second-order valence-corrected chi connectivity index (χ2v) is 31.1. The van der Waals surface area contributed by atoms with Crippen molar-refractivity contribution in [3.05, 3.63) is 0 Å². The zero-order valence-electron chi connectivity index (χ0n) is 56.8. The third-order valence-corrected chi connectivity index (χ3v) is 27.0. The lowest BCUT2D eigenvalue weighted by Gasteiger charge is -2.75. The van der Waals surface area contributed by atoms with Crippen molar-refractivity contribution in [3.63, 3.8) is 0 Å². The van der Waals surface area contributed by atoms with Gasteiger partial charge in [-0.2, -0.15) is 140 Å². The maximum atomic E-state index is 16.9.